The molecule has 1 aromatic carbocycles. The van der Waals surface area contributed by atoms with Crippen molar-refractivity contribution < 1.29 is 18.4 Å². The molecule has 7 heteroatoms. The monoisotopic (exact) mass is 301 g/mol. The molecule has 0 unspecified atom stereocenters. The second-order valence-electron chi connectivity index (χ2n) is 5.14. The zero-order valence-electron chi connectivity index (χ0n) is 11.7. The Morgan fingerprint density at radius 2 is 2.10 bits per heavy atom. The molecule has 1 fully saturated rings. The van der Waals surface area contributed by atoms with Gasteiger partial charge in [-0.1, -0.05) is 12.1 Å². The third-order valence-corrected chi connectivity index (χ3v) is 3.47. The summed E-state index contributed by atoms with van der Waals surface area (Å²) >= 11 is 0. The molecule has 0 radical (unpaired) electrons. The quantitative estimate of drug-likeness (QED) is 0.380. The summed E-state index contributed by atoms with van der Waals surface area (Å²) in [6.07, 6.45) is -1.57. The van der Waals surface area contributed by atoms with E-state index in [1.165, 1.54) is 6.07 Å². The van der Waals surface area contributed by atoms with Crippen LogP contribution in [-0.2, 0) is 6.18 Å². The predicted molar refractivity (Wildman–Crippen MR) is 74.6 cm³/mol. The van der Waals surface area contributed by atoms with Crippen molar-refractivity contribution in [2.75, 3.05) is 11.4 Å². The first-order valence-corrected chi connectivity index (χ1v) is 6.84. The minimum absolute atomic E-state index is 0.118. The van der Waals surface area contributed by atoms with E-state index >= 15 is 0 Å². The standard InChI is InChI=1S/C14H18F3N3O/c1-2-7-20(10-4-5-10)12-6-3-9(14(15,16)17)8-11(12)13(18)19-21/h3,6,8,10,21H,2,4-5,7H2,1H3,(H2,18,19). The van der Waals surface area contributed by atoms with Crippen LogP contribution in [0.25, 0.3) is 0 Å². The van der Waals surface area contributed by atoms with Gasteiger partial charge in [0, 0.05) is 23.8 Å². The maximum Gasteiger partial charge on any atom is 0.416 e. The number of rotatable bonds is 5. The zero-order chi connectivity index (χ0) is 15.6. The summed E-state index contributed by atoms with van der Waals surface area (Å²) in [7, 11) is 0. The molecular formula is C14H18F3N3O. The van der Waals surface area contributed by atoms with Crippen molar-refractivity contribution in [1.29, 1.82) is 0 Å². The van der Waals surface area contributed by atoms with Crippen molar-refractivity contribution in [2.45, 2.75) is 38.4 Å². The first-order valence-electron chi connectivity index (χ1n) is 6.84. The number of hydrogen-bond acceptors (Lipinski definition) is 3. The third kappa shape index (κ3) is 3.40. The van der Waals surface area contributed by atoms with E-state index in [9.17, 15) is 13.2 Å². The molecule has 1 aliphatic rings. The molecule has 0 atom stereocenters. The molecule has 3 N–H and O–H groups in total. The van der Waals surface area contributed by atoms with Crippen molar-refractivity contribution in [1.82, 2.24) is 0 Å². The Bertz CT molecular complexity index is 539. The molecule has 0 spiro atoms. The van der Waals surface area contributed by atoms with Gasteiger partial charge in [-0.25, -0.2) is 0 Å². The first-order chi connectivity index (χ1) is 9.88. The van der Waals surface area contributed by atoms with Crippen LogP contribution in [0.2, 0.25) is 0 Å². The Morgan fingerprint density at radius 1 is 1.43 bits per heavy atom. The zero-order valence-corrected chi connectivity index (χ0v) is 11.7. The normalized spacial score (nSPS) is 16.1. The van der Waals surface area contributed by atoms with Crippen LogP contribution < -0.4 is 10.6 Å². The fourth-order valence-corrected chi connectivity index (χ4v) is 2.35. The van der Waals surface area contributed by atoms with Crippen molar-refractivity contribution in [2.24, 2.45) is 10.9 Å². The SMILES string of the molecule is CCCN(c1ccc(C(F)(F)F)cc1/C(N)=N/O)C1CC1. The number of nitrogens with zero attached hydrogens (tertiary/aromatic N) is 2. The second kappa shape index (κ2) is 5.83. The van der Waals surface area contributed by atoms with Gasteiger partial charge in [-0.05, 0) is 37.5 Å². The van der Waals surface area contributed by atoms with E-state index in [4.69, 9.17) is 10.9 Å². The maximum atomic E-state index is 12.8. The lowest BCUT2D eigenvalue weighted by molar-refractivity contribution is -0.137. The summed E-state index contributed by atoms with van der Waals surface area (Å²) in [6.45, 7) is 2.73. The Labute approximate surface area is 121 Å². The molecule has 0 heterocycles. The number of nitrogens with two attached hydrogens (primary N) is 1. The van der Waals surface area contributed by atoms with Gasteiger partial charge < -0.3 is 15.8 Å². The van der Waals surface area contributed by atoms with E-state index in [0.29, 0.717) is 11.7 Å². The van der Waals surface area contributed by atoms with Gasteiger partial charge in [-0.2, -0.15) is 13.2 Å². The number of halogens is 3. The lowest BCUT2D eigenvalue weighted by Crippen LogP contribution is -2.30. The number of alkyl halides is 3. The summed E-state index contributed by atoms with van der Waals surface area (Å²) in [5.74, 6) is -0.308. The van der Waals surface area contributed by atoms with Gasteiger partial charge in [0.25, 0.3) is 0 Å². The highest BCUT2D eigenvalue weighted by Crippen LogP contribution is 2.37. The number of amidine groups is 1. The molecular weight excluding hydrogens is 283 g/mol. The maximum absolute atomic E-state index is 12.8. The number of benzene rings is 1. The molecule has 116 valence electrons. The van der Waals surface area contributed by atoms with Gasteiger partial charge in [0.2, 0.25) is 0 Å². The van der Waals surface area contributed by atoms with Crippen molar-refractivity contribution in [3.05, 3.63) is 29.3 Å². The summed E-state index contributed by atoms with van der Waals surface area (Å²) < 4.78 is 38.5. The number of hydrogen-bond donors (Lipinski definition) is 2. The van der Waals surface area contributed by atoms with E-state index in [1.54, 1.807) is 0 Å². The minimum atomic E-state index is -4.46. The highest BCUT2D eigenvalue weighted by Gasteiger charge is 2.34. The molecule has 1 aliphatic carbocycles. The van der Waals surface area contributed by atoms with Crippen LogP contribution in [0.15, 0.2) is 23.4 Å². The third-order valence-electron chi connectivity index (χ3n) is 3.47. The van der Waals surface area contributed by atoms with Gasteiger partial charge in [0.05, 0.1) is 5.56 Å². The molecule has 0 amide bonds. The summed E-state index contributed by atoms with van der Waals surface area (Å²) in [4.78, 5) is 2.04. The molecule has 4 nitrogen and oxygen atoms in total. The summed E-state index contributed by atoms with van der Waals surface area (Å²) in [5.41, 5.74) is 5.47. The molecule has 21 heavy (non-hydrogen) atoms. The Hall–Kier alpha value is -1.92. The smallest absolute Gasteiger partial charge is 0.409 e. The topological polar surface area (TPSA) is 61.8 Å². The highest BCUT2D eigenvalue weighted by atomic mass is 19.4. The summed E-state index contributed by atoms with van der Waals surface area (Å²) in [5, 5.41) is 11.7. The van der Waals surface area contributed by atoms with Crippen LogP contribution >= 0.6 is 0 Å². The van der Waals surface area contributed by atoms with Gasteiger partial charge in [0.15, 0.2) is 5.84 Å². The van der Waals surface area contributed by atoms with Crippen LogP contribution in [0.3, 0.4) is 0 Å². The van der Waals surface area contributed by atoms with Gasteiger partial charge in [0.1, 0.15) is 0 Å². The van der Waals surface area contributed by atoms with E-state index in [1.807, 2.05) is 11.8 Å². The Morgan fingerprint density at radius 3 is 2.57 bits per heavy atom. The van der Waals surface area contributed by atoms with Crippen LogP contribution in [0.5, 0.6) is 0 Å². The average Bonchev–Trinajstić information content (AvgIpc) is 3.27. The molecule has 0 bridgehead atoms. The van der Waals surface area contributed by atoms with Gasteiger partial charge in [-0.3, -0.25) is 0 Å². The van der Waals surface area contributed by atoms with E-state index < -0.39 is 11.7 Å². The van der Waals surface area contributed by atoms with E-state index in [0.717, 1.165) is 37.9 Å². The van der Waals surface area contributed by atoms with Crippen LogP contribution in [-0.4, -0.2) is 23.6 Å². The molecule has 1 saturated carbocycles. The van der Waals surface area contributed by atoms with Gasteiger partial charge >= 0.3 is 6.18 Å². The largest absolute Gasteiger partial charge is 0.416 e. The molecule has 2 rings (SSSR count). The highest BCUT2D eigenvalue weighted by molar-refractivity contribution is 6.02. The lowest BCUT2D eigenvalue weighted by Gasteiger charge is -2.27. The van der Waals surface area contributed by atoms with Crippen molar-refractivity contribution >= 4 is 11.5 Å². The fraction of sp³-hybridized carbons (Fsp3) is 0.500. The van der Waals surface area contributed by atoms with Crippen molar-refractivity contribution in [3.63, 3.8) is 0 Å². The Balaban J connectivity index is 2.49. The van der Waals surface area contributed by atoms with E-state index in [-0.39, 0.29) is 11.4 Å². The molecule has 0 aromatic heterocycles. The minimum Gasteiger partial charge on any atom is -0.409 e. The molecule has 0 saturated heterocycles. The predicted octanol–water partition coefficient (Wildman–Crippen LogP) is 3.18. The fourth-order valence-electron chi connectivity index (χ4n) is 2.35. The number of anilines is 1. The first kappa shape index (κ1) is 15.5. The van der Waals surface area contributed by atoms with Crippen LogP contribution in [0, 0.1) is 0 Å². The summed E-state index contributed by atoms with van der Waals surface area (Å²) in [6, 6.07) is 3.71. The average molecular weight is 301 g/mol. The van der Waals surface area contributed by atoms with Crippen molar-refractivity contribution in [3.8, 4) is 0 Å². The van der Waals surface area contributed by atoms with Crippen LogP contribution in [0.1, 0.15) is 37.3 Å². The Kier molecular flexibility index (Phi) is 4.29. The lowest BCUT2D eigenvalue weighted by atomic mass is 10.1. The number of oxime groups is 1. The second-order valence-corrected chi connectivity index (χ2v) is 5.14. The van der Waals surface area contributed by atoms with E-state index in [2.05, 4.69) is 5.16 Å². The van der Waals surface area contributed by atoms with Crippen LogP contribution in [0.4, 0.5) is 18.9 Å². The molecule has 0 aliphatic heterocycles. The molecule has 1 aromatic rings. The van der Waals surface area contributed by atoms with Gasteiger partial charge in [-0.15, -0.1) is 0 Å².